The zero-order chi connectivity index (χ0) is 17.2. The Labute approximate surface area is 149 Å². The van der Waals surface area contributed by atoms with E-state index < -0.39 is 0 Å². The van der Waals surface area contributed by atoms with Crippen LogP contribution in [0, 0.1) is 0 Å². The molecule has 1 saturated heterocycles. The van der Waals surface area contributed by atoms with Gasteiger partial charge in [-0.1, -0.05) is 42.5 Å². The summed E-state index contributed by atoms with van der Waals surface area (Å²) in [4.78, 5) is 30.7. The third-order valence-corrected chi connectivity index (χ3v) is 4.99. The maximum absolute atomic E-state index is 12.7. The monoisotopic (exact) mass is 346 g/mol. The predicted molar refractivity (Wildman–Crippen MR) is 99.7 cm³/mol. The van der Waals surface area contributed by atoms with E-state index in [9.17, 15) is 9.59 Å². The molecule has 0 radical (unpaired) electrons. The van der Waals surface area contributed by atoms with Crippen molar-refractivity contribution in [2.24, 2.45) is 0 Å². The average molecular weight is 346 g/mol. The minimum absolute atomic E-state index is 0.238. The van der Waals surface area contributed by atoms with Crippen LogP contribution in [-0.4, -0.2) is 21.0 Å². The number of carbonyl (C=O) groups excluding carboxylic acids is 2. The van der Waals surface area contributed by atoms with E-state index in [2.05, 4.69) is 4.98 Å². The minimum atomic E-state index is -0.250. The van der Waals surface area contributed by atoms with Crippen LogP contribution in [-0.2, 0) is 11.3 Å². The Balaban J connectivity index is 1.64. The first-order chi connectivity index (χ1) is 12.2. The number of imide groups is 1. The van der Waals surface area contributed by atoms with Gasteiger partial charge in [0.2, 0.25) is 0 Å². The van der Waals surface area contributed by atoms with E-state index in [-0.39, 0.29) is 17.7 Å². The first-order valence-corrected chi connectivity index (χ1v) is 8.66. The Morgan fingerprint density at radius 1 is 0.960 bits per heavy atom. The van der Waals surface area contributed by atoms with E-state index in [1.165, 1.54) is 4.90 Å². The SMILES string of the molecule is O=C1S/C(=C/c2ccncc2)C(=O)N1Cc1cccc2ccccc12. The van der Waals surface area contributed by atoms with Crippen LogP contribution in [0.25, 0.3) is 16.8 Å². The fourth-order valence-electron chi connectivity index (χ4n) is 2.85. The van der Waals surface area contributed by atoms with Crippen molar-refractivity contribution in [2.45, 2.75) is 6.54 Å². The summed E-state index contributed by atoms with van der Waals surface area (Å²) in [7, 11) is 0. The van der Waals surface area contributed by atoms with E-state index in [4.69, 9.17) is 0 Å². The molecule has 3 aromatic rings. The number of pyridine rings is 1. The van der Waals surface area contributed by atoms with Crippen LogP contribution >= 0.6 is 11.8 Å². The average Bonchev–Trinajstić information content (AvgIpc) is 2.90. The zero-order valence-electron chi connectivity index (χ0n) is 13.3. The van der Waals surface area contributed by atoms with Crippen LogP contribution in [0.15, 0.2) is 71.9 Å². The van der Waals surface area contributed by atoms with Gasteiger partial charge in [-0.05, 0) is 51.9 Å². The number of benzene rings is 2. The third-order valence-electron chi connectivity index (χ3n) is 4.09. The van der Waals surface area contributed by atoms with Crippen LogP contribution in [0.1, 0.15) is 11.1 Å². The van der Waals surface area contributed by atoms with Gasteiger partial charge >= 0.3 is 0 Å². The fourth-order valence-corrected chi connectivity index (χ4v) is 3.69. The van der Waals surface area contributed by atoms with Crippen molar-refractivity contribution >= 4 is 39.8 Å². The Kier molecular flexibility index (Phi) is 4.07. The third kappa shape index (κ3) is 3.06. The molecule has 122 valence electrons. The van der Waals surface area contributed by atoms with Crippen molar-refractivity contribution in [3.05, 3.63) is 83.0 Å². The molecule has 1 aliphatic rings. The molecule has 2 amide bonds. The van der Waals surface area contributed by atoms with Crippen molar-refractivity contribution in [3.8, 4) is 0 Å². The van der Waals surface area contributed by atoms with Crippen molar-refractivity contribution in [2.75, 3.05) is 0 Å². The normalized spacial score (nSPS) is 16.2. The smallest absolute Gasteiger partial charge is 0.268 e. The highest BCUT2D eigenvalue weighted by molar-refractivity contribution is 8.18. The summed E-state index contributed by atoms with van der Waals surface area (Å²) < 4.78 is 0. The van der Waals surface area contributed by atoms with Gasteiger partial charge in [0, 0.05) is 12.4 Å². The van der Waals surface area contributed by atoms with E-state index >= 15 is 0 Å². The van der Waals surface area contributed by atoms with Crippen LogP contribution in [0.2, 0.25) is 0 Å². The summed E-state index contributed by atoms with van der Waals surface area (Å²) >= 11 is 0.979. The summed E-state index contributed by atoms with van der Waals surface area (Å²) in [5, 5.41) is 1.92. The minimum Gasteiger partial charge on any atom is -0.268 e. The van der Waals surface area contributed by atoms with Crippen LogP contribution in [0.5, 0.6) is 0 Å². The summed E-state index contributed by atoms with van der Waals surface area (Å²) in [6.07, 6.45) is 5.05. The molecule has 4 nitrogen and oxygen atoms in total. The predicted octanol–water partition coefficient (Wildman–Crippen LogP) is 4.47. The highest BCUT2D eigenvalue weighted by Crippen LogP contribution is 2.34. The van der Waals surface area contributed by atoms with Gasteiger partial charge in [0.25, 0.3) is 11.1 Å². The second-order valence-electron chi connectivity index (χ2n) is 5.69. The number of thioether (sulfide) groups is 1. The standard InChI is InChI=1S/C20H14N2O2S/c23-19-18(12-14-8-10-21-11-9-14)25-20(24)22(19)13-16-6-3-5-15-4-1-2-7-17(15)16/h1-12H,13H2/b18-12+. The molecule has 0 unspecified atom stereocenters. The lowest BCUT2D eigenvalue weighted by molar-refractivity contribution is -0.123. The maximum atomic E-state index is 12.7. The Hall–Kier alpha value is -2.92. The molecule has 0 N–H and O–H groups in total. The van der Waals surface area contributed by atoms with Crippen LogP contribution in [0.3, 0.4) is 0 Å². The molecule has 0 spiro atoms. The van der Waals surface area contributed by atoms with Gasteiger partial charge in [-0.2, -0.15) is 0 Å². The van der Waals surface area contributed by atoms with Gasteiger partial charge in [-0.15, -0.1) is 0 Å². The molecule has 5 heteroatoms. The molecule has 0 atom stereocenters. The molecule has 25 heavy (non-hydrogen) atoms. The van der Waals surface area contributed by atoms with Gasteiger partial charge < -0.3 is 0 Å². The largest absolute Gasteiger partial charge is 0.293 e. The molecular formula is C20H14N2O2S. The number of hydrogen-bond acceptors (Lipinski definition) is 4. The van der Waals surface area contributed by atoms with Crippen LogP contribution in [0.4, 0.5) is 4.79 Å². The lowest BCUT2D eigenvalue weighted by Crippen LogP contribution is -2.27. The van der Waals surface area contributed by atoms with Gasteiger partial charge in [0.1, 0.15) is 0 Å². The zero-order valence-corrected chi connectivity index (χ0v) is 14.1. The van der Waals surface area contributed by atoms with Gasteiger partial charge in [-0.25, -0.2) is 0 Å². The lowest BCUT2D eigenvalue weighted by Gasteiger charge is -2.14. The number of fused-ring (bicyclic) bond motifs is 1. The fraction of sp³-hybridized carbons (Fsp3) is 0.0500. The molecule has 4 rings (SSSR count). The highest BCUT2D eigenvalue weighted by atomic mass is 32.2. The summed E-state index contributed by atoms with van der Waals surface area (Å²) in [5.41, 5.74) is 1.82. The van der Waals surface area contributed by atoms with E-state index in [0.717, 1.165) is 33.7 Å². The highest BCUT2D eigenvalue weighted by Gasteiger charge is 2.35. The molecule has 0 bridgehead atoms. The molecule has 1 aromatic heterocycles. The number of hydrogen-bond donors (Lipinski definition) is 0. The lowest BCUT2D eigenvalue weighted by atomic mass is 10.0. The Morgan fingerprint density at radius 2 is 1.72 bits per heavy atom. The molecule has 1 fully saturated rings. The van der Waals surface area contributed by atoms with Crippen molar-refractivity contribution in [1.82, 2.24) is 9.88 Å². The molecule has 2 heterocycles. The van der Waals surface area contributed by atoms with Crippen molar-refractivity contribution in [3.63, 3.8) is 0 Å². The van der Waals surface area contributed by atoms with Gasteiger partial charge in [0.15, 0.2) is 0 Å². The number of aromatic nitrogens is 1. The van der Waals surface area contributed by atoms with E-state index in [1.54, 1.807) is 30.6 Å². The quantitative estimate of drug-likeness (QED) is 0.657. The van der Waals surface area contributed by atoms with Crippen molar-refractivity contribution < 1.29 is 9.59 Å². The molecule has 0 aliphatic carbocycles. The van der Waals surface area contributed by atoms with Gasteiger partial charge in [0.05, 0.1) is 11.4 Å². The second kappa shape index (κ2) is 6.53. The number of amides is 2. The molecular weight excluding hydrogens is 332 g/mol. The number of rotatable bonds is 3. The van der Waals surface area contributed by atoms with E-state index in [1.807, 2.05) is 42.5 Å². The first kappa shape index (κ1) is 15.6. The Bertz CT molecular complexity index is 994. The topological polar surface area (TPSA) is 50.3 Å². The number of carbonyl (C=O) groups is 2. The van der Waals surface area contributed by atoms with Crippen LogP contribution < -0.4 is 0 Å². The van der Waals surface area contributed by atoms with Gasteiger partial charge in [-0.3, -0.25) is 19.5 Å². The summed E-state index contributed by atoms with van der Waals surface area (Å²) in [6.45, 7) is 0.277. The van der Waals surface area contributed by atoms with Crippen molar-refractivity contribution in [1.29, 1.82) is 0 Å². The maximum Gasteiger partial charge on any atom is 0.293 e. The summed E-state index contributed by atoms with van der Waals surface area (Å²) in [6, 6.07) is 17.5. The molecule has 0 saturated carbocycles. The number of nitrogens with zero attached hydrogens (tertiary/aromatic N) is 2. The summed E-state index contributed by atoms with van der Waals surface area (Å²) in [5.74, 6) is -0.250. The molecule has 1 aliphatic heterocycles. The Morgan fingerprint density at radius 3 is 2.56 bits per heavy atom. The second-order valence-corrected chi connectivity index (χ2v) is 6.68. The van der Waals surface area contributed by atoms with E-state index in [0.29, 0.717) is 4.91 Å². The first-order valence-electron chi connectivity index (χ1n) is 7.84. The molecule has 2 aromatic carbocycles.